The van der Waals surface area contributed by atoms with Crippen LogP contribution in [0.2, 0.25) is 0 Å². The number of carbonyl (C=O) groups is 1. The predicted octanol–water partition coefficient (Wildman–Crippen LogP) is 1.75. The Morgan fingerprint density at radius 3 is 2.68 bits per heavy atom. The third-order valence-corrected chi connectivity index (χ3v) is 6.19. The Bertz CT molecular complexity index is 921. The molecule has 0 bridgehead atoms. The molecule has 2 aliphatic heterocycles. The van der Waals surface area contributed by atoms with Crippen molar-refractivity contribution >= 4 is 5.91 Å². The van der Waals surface area contributed by atoms with Crippen molar-refractivity contribution in [3.8, 4) is 0 Å². The Balaban J connectivity index is 1.56. The predicted molar refractivity (Wildman–Crippen MR) is 107 cm³/mol. The Morgan fingerprint density at radius 2 is 2.00 bits per heavy atom. The maximum atomic E-state index is 13.0. The van der Waals surface area contributed by atoms with Crippen LogP contribution < -0.4 is 5.56 Å². The first-order chi connectivity index (χ1) is 13.4. The number of nitrogens with one attached hydrogen (secondary N) is 1. The first-order valence-corrected chi connectivity index (χ1v) is 10.1. The minimum absolute atomic E-state index is 0.001000. The molecular formula is C21H29N5O2. The summed E-state index contributed by atoms with van der Waals surface area (Å²) in [4.78, 5) is 37.1. The molecule has 1 amide bonds. The van der Waals surface area contributed by atoms with E-state index in [9.17, 15) is 9.59 Å². The Hall–Kier alpha value is -2.41. The molecule has 150 valence electrons. The van der Waals surface area contributed by atoms with E-state index in [2.05, 4.69) is 23.7 Å². The fraction of sp³-hybridized carbons (Fsp3) is 0.571. The van der Waals surface area contributed by atoms with Gasteiger partial charge in [0, 0.05) is 57.6 Å². The molecule has 0 atom stereocenters. The third kappa shape index (κ3) is 3.17. The van der Waals surface area contributed by atoms with E-state index in [1.165, 1.54) is 22.0 Å². The van der Waals surface area contributed by atoms with Crippen molar-refractivity contribution in [1.82, 2.24) is 24.3 Å². The van der Waals surface area contributed by atoms with E-state index in [1.807, 2.05) is 11.2 Å². The molecule has 1 spiro atoms. The molecule has 1 fully saturated rings. The average molecular weight is 383 g/mol. The van der Waals surface area contributed by atoms with Crippen LogP contribution in [0.25, 0.3) is 0 Å². The van der Waals surface area contributed by atoms with Crippen LogP contribution in [0, 0.1) is 5.92 Å². The number of aryl methyl sites for hydroxylation is 1. The standard InChI is InChI=1S/C21H29N5O2/c1-15(2)12-26-9-6-17-19(23-14-22-17)21(26)7-10-25(11-8-21)20(28)16-4-5-18(27)24(3)13-16/h4-5,13-15H,6-12H2,1-3H3,(H,22,23). The zero-order valence-corrected chi connectivity index (χ0v) is 16.9. The molecule has 28 heavy (non-hydrogen) atoms. The molecule has 7 heteroatoms. The van der Waals surface area contributed by atoms with Crippen molar-refractivity contribution in [3.63, 3.8) is 0 Å². The number of pyridine rings is 1. The third-order valence-electron chi connectivity index (χ3n) is 6.19. The highest BCUT2D eigenvalue weighted by molar-refractivity contribution is 5.94. The molecule has 2 aliphatic rings. The van der Waals surface area contributed by atoms with E-state index >= 15 is 0 Å². The van der Waals surface area contributed by atoms with Gasteiger partial charge in [-0.25, -0.2) is 4.98 Å². The summed E-state index contributed by atoms with van der Waals surface area (Å²) in [6.07, 6.45) is 6.22. The number of amides is 1. The van der Waals surface area contributed by atoms with Crippen LogP contribution in [0.4, 0.5) is 0 Å². The van der Waals surface area contributed by atoms with Gasteiger partial charge < -0.3 is 14.5 Å². The highest BCUT2D eigenvalue weighted by Gasteiger charge is 2.47. The maximum Gasteiger partial charge on any atom is 0.255 e. The van der Waals surface area contributed by atoms with E-state index < -0.39 is 0 Å². The lowest BCUT2D eigenvalue weighted by Gasteiger charge is -2.51. The fourth-order valence-electron chi connectivity index (χ4n) is 4.77. The highest BCUT2D eigenvalue weighted by Crippen LogP contribution is 2.42. The Kier molecular flexibility index (Phi) is 4.87. The molecule has 4 rings (SSSR count). The van der Waals surface area contributed by atoms with Gasteiger partial charge in [-0.1, -0.05) is 13.8 Å². The van der Waals surface area contributed by atoms with Crippen molar-refractivity contribution < 1.29 is 4.79 Å². The van der Waals surface area contributed by atoms with Crippen LogP contribution in [-0.2, 0) is 19.0 Å². The summed E-state index contributed by atoms with van der Waals surface area (Å²) >= 11 is 0. The van der Waals surface area contributed by atoms with Gasteiger partial charge in [0.25, 0.3) is 5.91 Å². The number of nitrogens with zero attached hydrogens (tertiary/aromatic N) is 4. The summed E-state index contributed by atoms with van der Waals surface area (Å²) in [5.74, 6) is 0.585. The minimum atomic E-state index is -0.105. The zero-order chi connectivity index (χ0) is 19.9. The smallest absolute Gasteiger partial charge is 0.255 e. The number of piperidine rings is 1. The van der Waals surface area contributed by atoms with E-state index in [0.717, 1.165) is 32.4 Å². The molecule has 0 saturated carbocycles. The summed E-state index contributed by atoms with van der Waals surface area (Å²) in [6.45, 7) is 7.98. The average Bonchev–Trinajstić information content (AvgIpc) is 3.16. The number of hydrogen-bond donors (Lipinski definition) is 1. The van der Waals surface area contributed by atoms with Crippen molar-refractivity contribution in [3.05, 3.63) is 52.0 Å². The van der Waals surface area contributed by atoms with Gasteiger partial charge in [0.15, 0.2) is 0 Å². The second-order valence-corrected chi connectivity index (χ2v) is 8.51. The minimum Gasteiger partial charge on any atom is -0.348 e. The van der Waals surface area contributed by atoms with Gasteiger partial charge in [0.1, 0.15) is 0 Å². The number of likely N-dealkylation sites (tertiary alicyclic amines) is 1. The Morgan fingerprint density at radius 1 is 1.25 bits per heavy atom. The number of carbonyl (C=O) groups excluding carboxylic acids is 1. The van der Waals surface area contributed by atoms with Crippen molar-refractivity contribution in [2.75, 3.05) is 26.2 Å². The van der Waals surface area contributed by atoms with Crippen molar-refractivity contribution in [2.24, 2.45) is 13.0 Å². The largest absolute Gasteiger partial charge is 0.348 e. The van der Waals surface area contributed by atoms with Gasteiger partial charge in [-0.05, 0) is 24.8 Å². The number of rotatable bonds is 3. The number of fused-ring (bicyclic) bond motifs is 2. The SMILES string of the molecule is CC(C)CN1CCc2[nH]cnc2C12CCN(C(=O)c1ccc(=O)n(C)c1)CC2. The second-order valence-electron chi connectivity index (χ2n) is 8.51. The number of imidazole rings is 1. The van der Waals surface area contributed by atoms with Gasteiger partial charge >= 0.3 is 0 Å². The van der Waals surface area contributed by atoms with Crippen molar-refractivity contribution in [1.29, 1.82) is 0 Å². The zero-order valence-electron chi connectivity index (χ0n) is 16.9. The number of aromatic nitrogens is 3. The van der Waals surface area contributed by atoms with Gasteiger partial charge in [-0.2, -0.15) is 0 Å². The lowest BCUT2D eigenvalue weighted by atomic mass is 9.78. The summed E-state index contributed by atoms with van der Waals surface area (Å²) in [7, 11) is 1.68. The van der Waals surface area contributed by atoms with Gasteiger partial charge in [0.05, 0.1) is 23.1 Å². The number of hydrogen-bond acceptors (Lipinski definition) is 4. The topological polar surface area (TPSA) is 74.2 Å². The quantitative estimate of drug-likeness (QED) is 0.876. The van der Waals surface area contributed by atoms with Crippen LogP contribution in [-0.4, -0.2) is 56.4 Å². The van der Waals surface area contributed by atoms with E-state index in [4.69, 9.17) is 4.98 Å². The molecule has 0 aromatic carbocycles. The molecule has 1 N–H and O–H groups in total. The van der Waals surface area contributed by atoms with E-state index in [1.54, 1.807) is 19.3 Å². The number of H-pyrrole nitrogens is 1. The molecule has 0 aliphatic carbocycles. The number of aromatic amines is 1. The first-order valence-electron chi connectivity index (χ1n) is 10.1. The van der Waals surface area contributed by atoms with Crippen LogP contribution in [0.5, 0.6) is 0 Å². The normalized spacial score (nSPS) is 19.2. The monoisotopic (exact) mass is 383 g/mol. The maximum absolute atomic E-state index is 13.0. The molecule has 0 radical (unpaired) electrons. The summed E-state index contributed by atoms with van der Waals surface area (Å²) in [5, 5.41) is 0. The lowest BCUT2D eigenvalue weighted by molar-refractivity contribution is 0.000597. The fourth-order valence-corrected chi connectivity index (χ4v) is 4.77. The highest BCUT2D eigenvalue weighted by atomic mass is 16.2. The molecule has 4 heterocycles. The van der Waals surface area contributed by atoms with Crippen LogP contribution in [0.3, 0.4) is 0 Å². The van der Waals surface area contributed by atoms with Gasteiger partial charge in [0.2, 0.25) is 5.56 Å². The lowest BCUT2D eigenvalue weighted by Crippen LogP contribution is -2.57. The molecular weight excluding hydrogens is 354 g/mol. The molecule has 2 aromatic rings. The van der Waals surface area contributed by atoms with Crippen LogP contribution in [0.1, 0.15) is 48.4 Å². The van der Waals surface area contributed by atoms with Gasteiger partial charge in [-0.15, -0.1) is 0 Å². The Labute approximate surface area is 165 Å². The summed E-state index contributed by atoms with van der Waals surface area (Å²) in [6, 6.07) is 3.09. The molecule has 2 aromatic heterocycles. The van der Waals surface area contributed by atoms with Gasteiger partial charge in [-0.3, -0.25) is 14.5 Å². The van der Waals surface area contributed by atoms with E-state index in [-0.39, 0.29) is 17.0 Å². The van der Waals surface area contributed by atoms with E-state index in [0.29, 0.717) is 24.6 Å². The summed E-state index contributed by atoms with van der Waals surface area (Å²) in [5.41, 5.74) is 2.80. The molecule has 7 nitrogen and oxygen atoms in total. The van der Waals surface area contributed by atoms with Crippen molar-refractivity contribution in [2.45, 2.75) is 38.6 Å². The summed E-state index contributed by atoms with van der Waals surface area (Å²) < 4.78 is 1.46. The second kappa shape index (κ2) is 7.20. The van der Waals surface area contributed by atoms with Crippen LogP contribution in [0.15, 0.2) is 29.5 Å². The molecule has 1 saturated heterocycles. The van der Waals surface area contributed by atoms with Crippen LogP contribution >= 0.6 is 0 Å². The molecule has 0 unspecified atom stereocenters. The first kappa shape index (κ1) is 18.9.